The Balaban J connectivity index is 1.43. The van der Waals surface area contributed by atoms with E-state index in [0.717, 1.165) is 5.92 Å². The van der Waals surface area contributed by atoms with Gasteiger partial charge in [-0.1, -0.05) is 12.8 Å². The minimum absolute atomic E-state index is 1.06. The van der Waals surface area contributed by atoms with Crippen molar-refractivity contribution in [2.75, 3.05) is 52.9 Å². The third-order valence-corrected chi connectivity index (χ3v) is 4.33. The van der Waals surface area contributed by atoms with Crippen molar-refractivity contribution in [3.63, 3.8) is 0 Å². The van der Waals surface area contributed by atoms with Gasteiger partial charge in [0.1, 0.15) is 0 Å². The molecule has 1 N–H and O–H groups in total. The van der Waals surface area contributed by atoms with Crippen LogP contribution in [0, 0.1) is 5.92 Å². The summed E-state index contributed by atoms with van der Waals surface area (Å²) in [5, 5.41) is 3.22. The van der Waals surface area contributed by atoms with Crippen molar-refractivity contribution in [2.24, 2.45) is 5.92 Å². The predicted octanol–water partition coefficient (Wildman–Crippen LogP) is 1.79. The molecule has 0 aromatic heterocycles. The molecule has 18 heavy (non-hydrogen) atoms. The van der Waals surface area contributed by atoms with E-state index in [2.05, 4.69) is 15.1 Å². The van der Waals surface area contributed by atoms with E-state index in [4.69, 9.17) is 0 Å². The second-order valence-electron chi connectivity index (χ2n) is 6.10. The summed E-state index contributed by atoms with van der Waals surface area (Å²) in [6.45, 7) is 9.15. The molecule has 2 fully saturated rings. The molecule has 1 heterocycles. The van der Waals surface area contributed by atoms with Gasteiger partial charge < -0.3 is 15.1 Å². The maximum atomic E-state index is 3.22. The standard InChI is InChI=1S/C15H31N3/c1-16-8-4-2-3-5-9-17-10-12-18(13-11-17)14-15-6-7-15/h15-16H,2-14H2,1H3. The lowest BCUT2D eigenvalue weighted by Crippen LogP contribution is -2.47. The van der Waals surface area contributed by atoms with E-state index in [0.29, 0.717) is 0 Å². The Labute approximate surface area is 113 Å². The van der Waals surface area contributed by atoms with Crippen molar-refractivity contribution >= 4 is 0 Å². The zero-order valence-electron chi connectivity index (χ0n) is 12.2. The molecule has 0 aromatic rings. The summed E-state index contributed by atoms with van der Waals surface area (Å²) in [6.07, 6.45) is 8.52. The van der Waals surface area contributed by atoms with E-state index in [9.17, 15) is 0 Å². The summed E-state index contributed by atoms with van der Waals surface area (Å²) < 4.78 is 0. The van der Waals surface area contributed by atoms with Crippen LogP contribution in [-0.4, -0.2) is 62.7 Å². The highest BCUT2D eigenvalue weighted by Gasteiger charge is 2.26. The van der Waals surface area contributed by atoms with Crippen LogP contribution in [0.5, 0.6) is 0 Å². The van der Waals surface area contributed by atoms with Gasteiger partial charge in [0.25, 0.3) is 0 Å². The van der Waals surface area contributed by atoms with Crippen LogP contribution in [0.15, 0.2) is 0 Å². The fourth-order valence-corrected chi connectivity index (χ4v) is 2.85. The van der Waals surface area contributed by atoms with Crippen LogP contribution in [0.25, 0.3) is 0 Å². The van der Waals surface area contributed by atoms with Crippen LogP contribution in [-0.2, 0) is 0 Å². The third-order valence-electron chi connectivity index (χ3n) is 4.33. The molecule has 106 valence electrons. The van der Waals surface area contributed by atoms with Gasteiger partial charge in [-0.3, -0.25) is 0 Å². The van der Waals surface area contributed by atoms with Crippen molar-refractivity contribution in [1.29, 1.82) is 0 Å². The summed E-state index contributed by atoms with van der Waals surface area (Å²) in [7, 11) is 2.04. The molecule has 3 heteroatoms. The summed E-state index contributed by atoms with van der Waals surface area (Å²) in [6, 6.07) is 0. The zero-order chi connectivity index (χ0) is 12.6. The van der Waals surface area contributed by atoms with Gasteiger partial charge in [-0.25, -0.2) is 0 Å². The Morgan fingerprint density at radius 1 is 0.889 bits per heavy atom. The van der Waals surface area contributed by atoms with Crippen molar-refractivity contribution in [1.82, 2.24) is 15.1 Å². The number of piperazine rings is 1. The van der Waals surface area contributed by atoms with Gasteiger partial charge >= 0.3 is 0 Å². The van der Waals surface area contributed by atoms with Gasteiger partial charge in [0.2, 0.25) is 0 Å². The lowest BCUT2D eigenvalue weighted by atomic mass is 10.2. The topological polar surface area (TPSA) is 18.5 Å². The highest BCUT2D eigenvalue weighted by molar-refractivity contribution is 4.80. The van der Waals surface area contributed by atoms with Crippen LogP contribution in [0.1, 0.15) is 38.5 Å². The second kappa shape index (κ2) is 8.13. The summed E-state index contributed by atoms with van der Waals surface area (Å²) in [4.78, 5) is 5.35. The van der Waals surface area contributed by atoms with E-state index >= 15 is 0 Å². The van der Waals surface area contributed by atoms with Crippen LogP contribution >= 0.6 is 0 Å². The Kier molecular flexibility index (Phi) is 6.46. The van der Waals surface area contributed by atoms with Gasteiger partial charge in [-0.05, 0) is 51.7 Å². The first-order chi connectivity index (χ1) is 8.88. The summed E-state index contributed by atoms with van der Waals surface area (Å²) in [5.41, 5.74) is 0. The number of hydrogen-bond acceptors (Lipinski definition) is 3. The van der Waals surface area contributed by atoms with Crippen LogP contribution < -0.4 is 5.32 Å². The zero-order valence-corrected chi connectivity index (χ0v) is 12.2. The smallest absolute Gasteiger partial charge is 0.0110 e. The number of hydrogen-bond donors (Lipinski definition) is 1. The van der Waals surface area contributed by atoms with Crippen LogP contribution in [0.2, 0.25) is 0 Å². The molecular weight excluding hydrogens is 222 g/mol. The van der Waals surface area contributed by atoms with E-state index in [1.54, 1.807) is 0 Å². The van der Waals surface area contributed by atoms with Gasteiger partial charge in [-0.2, -0.15) is 0 Å². The molecule has 0 atom stereocenters. The van der Waals surface area contributed by atoms with Gasteiger partial charge in [0.05, 0.1) is 0 Å². The molecule has 1 saturated carbocycles. The fraction of sp³-hybridized carbons (Fsp3) is 1.00. The molecule has 0 amide bonds. The van der Waals surface area contributed by atoms with E-state index in [-0.39, 0.29) is 0 Å². The highest BCUT2D eigenvalue weighted by Crippen LogP contribution is 2.29. The van der Waals surface area contributed by atoms with Crippen molar-refractivity contribution < 1.29 is 0 Å². The maximum absolute atomic E-state index is 3.22. The number of rotatable bonds is 9. The molecule has 0 radical (unpaired) electrons. The van der Waals surface area contributed by atoms with E-state index < -0.39 is 0 Å². The largest absolute Gasteiger partial charge is 0.320 e. The minimum atomic E-state index is 1.06. The second-order valence-corrected chi connectivity index (χ2v) is 6.10. The minimum Gasteiger partial charge on any atom is -0.320 e. The molecule has 0 unspecified atom stereocenters. The molecule has 2 aliphatic rings. The van der Waals surface area contributed by atoms with Crippen LogP contribution in [0.3, 0.4) is 0 Å². The number of nitrogens with one attached hydrogen (secondary N) is 1. The monoisotopic (exact) mass is 253 g/mol. The maximum Gasteiger partial charge on any atom is 0.0110 e. The van der Waals surface area contributed by atoms with Gasteiger partial charge in [-0.15, -0.1) is 0 Å². The fourth-order valence-electron chi connectivity index (χ4n) is 2.85. The quantitative estimate of drug-likeness (QED) is 0.632. The Hall–Kier alpha value is -0.120. The average Bonchev–Trinajstić information content (AvgIpc) is 3.20. The molecule has 0 spiro atoms. The molecule has 1 saturated heterocycles. The van der Waals surface area contributed by atoms with Gasteiger partial charge in [0, 0.05) is 32.7 Å². The van der Waals surface area contributed by atoms with E-state index in [1.165, 1.54) is 84.3 Å². The molecule has 3 nitrogen and oxygen atoms in total. The SMILES string of the molecule is CNCCCCCCN1CCN(CC2CC2)CC1. The molecule has 1 aliphatic carbocycles. The summed E-state index contributed by atoms with van der Waals surface area (Å²) in [5.74, 6) is 1.06. The number of unbranched alkanes of at least 4 members (excludes halogenated alkanes) is 3. The first-order valence-corrected chi connectivity index (χ1v) is 7.98. The lowest BCUT2D eigenvalue weighted by molar-refractivity contribution is 0.127. The summed E-state index contributed by atoms with van der Waals surface area (Å²) >= 11 is 0. The molecular formula is C15H31N3. The highest BCUT2D eigenvalue weighted by atomic mass is 15.3. The molecule has 0 bridgehead atoms. The average molecular weight is 253 g/mol. The van der Waals surface area contributed by atoms with Crippen molar-refractivity contribution in [3.8, 4) is 0 Å². The number of nitrogens with zero attached hydrogens (tertiary/aromatic N) is 2. The Morgan fingerprint density at radius 3 is 2.22 bits per heavy atom. The lowest BCUT2D eigenvalue weighted by Gasteiger charge is -2.34. The van der Waals surface area contributed by atoms with Gasteiger partial charge in [0.15, 0.2) is 0 Å². The molecule has 2 rings (SSSR count). The molecule has 1 aliphatic heterocycles. The normalized spacial score (nSPS) is 22.5. The Morgan fingerprint density at radius 2 is 1.56 bits per heavy atom. The first-order valence-electron chi connectivity index (χ1n) is 7.98. The Bertz CT molecular complexity index is 208. The molecule has 0 aromatic carbocycles. The van der Waals surface area contributed by atoms with Crippen molar-refractivity contribution in [3.05, 3.63) is 0 Å². The first kappa shape index (κ1) is 14.3. The van der Waals surface area contributed by atoms with Crippen molar-refractivity contribution in [2.45, 2.75) is 38.5 Å². The predicted molar refractivity (Wildman–Crippen MR) is 78.0 cm³/mol. The van der Waals surface area contributed by atoms with E-state index in [1.807, 2.05) is 7.05 Å². The third kappa shape index (κ3) is 5.68. The van der Waals surface area contributed by atoms with Crippen LogP contribution in [0.4, 0.5) is 0 Å².